The highest BCUT2D eigenvalue weighted by atomic mass is 32.2. The predicted molar refractivity (Wildman–Crippen MR) is 137 cm³/mol. The third-order valence-electron chi connectivity index (χ3n) is 5.53. The minimum absolute atomic E-state index is 0.0156. The average Bonchev–Trinajstić information content (AvgIpc) is 3.46. The van der Waals surface area contributed by atoms with Crippen LogP contribution in [0.5, 0.6) is 0 Å². The summed E-state index contributed by atoms with van der Waals surface area (Å²) in [7, 11) is 0. The molecule has 0 aliphatic rings. The smallest absolute Gasteiger partial charge is 0.343 e. The Morgan fingerprint density at radius 3 is 2.58 bits per heavy atom. The van der Waals surface area contributed by atoms with Crippen LogP contribution in [0.3, 0.4) is 0 Å². The number of nitrogens with zero attached hydrogens (tertiary/aromatic N) is 6. The molecule has 0 saturated heterocycles. The Bertz CT molecular complexity index is 1560. The first-order valence-corrected chi connectivity index (χ1v) is 12.4. The summed E-state index contributed by atoms with van der Waals surface area (Å²) < 4.78 is 8.71. The van der Waals surface area contributed by atoms with Gasteiger partial charge in [-0.2, -0.15) is 5.10 Å². The molecule has 5 rings (SSSR count). The number of carbonyl (C=O) groups excluding carboxylic acids is 2. The van der Waals surface area contributed by atoms with Gasteiger partial charge in [0, 0.05) is 11.9 Å². The Morgan fingerprint density at radius 2 is 1.81 bits per heavy atom. The number of esters is 1. The van der Waals surface area contributed by atoms with Crippen molar-refractivity contribution in [1.29, 1.82) is 0 Å². The number of hydrogen-bond donors (Lipinski definition) is 1. The van der Waals surface area contributed by atoms with Gasteiger partial charge in [0.25, 0.3) is 0 Å². The maximum atomic E-state index is 12.9. The minimum Gasteiger partial charge on any atom is -0.462 e. The Hall–Kier alpha value is -4.25. The molecule has 10 nitrogen and oxygen atoms in total. The molecule has 2 aromatic carbocycles. The van der Waals surface area contributed by atoms with Gasteiger partial charge in [-0.3, -0.25) is 4.79 Å². The van der Waals surface area contributed by atoms with Gasteiger partial charge < -0.3 is 14.6 Å². The van der Waals surface area contributed by atoms with Crippen LogP contribution in [0.4, 0.5) is 5.82 Å². The lowest BCUT2D eigenvalue weighted by Gasteiger charge is -2.11. The number of aromatic nitrogens is 6. The highest BCUT2D eigenvalue weighted by Gasteiger charge is 2.22. The van der Waals surface area contributed by atoms with E-state index in [1.165, 1.54) is 10.9 Å². The van der Waals surface area contributed by atoms with Crippen LogP contribution in [-0.2, 0) is 16.1 Å². The molecule has 0 aliphatic carbocycles. The number of fused-ring (bicyclic) bond motifs is 3. The summed E-state index contributed by atoms with van der Waals surface area (Å²) in [6, 6.07) is 17.2. The van der Waals surface area contributed by atoms with Crippen molar-refractivity contribution in [3.8, 4) is 5.69 Å². The fraction of sp³-hybridized carbons (Fsp3) is 0.200. The first kappa shape index (κ1) is 23.5. The SMILES string of the molecule is CCOC(=O)c1cnn(-c2ccccc2)c1NC(=O)CSc1nnc2c3ccccc3n(CC)c2n1. The second-order valence-electron chi connectivity index (χ2n) is 7.74. The fourth-order valence-corrected chi connectivity index (χ4v) is 4.54. The van der Waals surface area contributed by atoms with Gasteiger partial charge in [0.2, 0.25) is 11.1 Å². The molecule has 0 aliphatic heterocycles. The van der Waals surface area contributed by atoms with Gasteiger partial charge in [-0.15, -0.1) is 10.2 Å². The van der Waals surface area contributed by atoms with Gasteiger partial charge in [0.1, 0.15) is 11.1 Å². The molecule has 0 radical (unpaired) electrons. The Labute approximate surface area is 210 Å². The molecule has 36 heavy (non-hydrogen) atoms. The number of para-hydroxylation sites is 2. The molecule has 0 saturated carbocycles. The van der Waals surface area contributed by atoms with E-state index in [-0.39, 0.29) is 29.6 Å². The Balaban J connectivity index is 1.38. The van der Waals surface area contributed by atoms with Gasteiger partial charge in [0.05, 0.1) is 29.8 Å². The normalized spacial score (nSPS) is 11.2. The molecular weight excluding hydrogens is 478 g/mol. The van der Waals surface area contributed by atoms with Crippen LogP contribution < -0.4 is 5.32 Å². The number of benzene rings is 2. The minimum atomic E-state index is -0.562. The molecule has 0 bridgehead atoms. The number of hydrogen-bond acceptors (Lipinski definition) is 8. The zero-order chi connectivity index (χ0) is 25.1. The summed E-state index contributed by atoms with van der Waals surface area (Å²) in [6.45, 7) is 4.70. The van der Waals surface area contributed by atoms with Crippen LogP contribution >= 0.6 is 11.8 Å². The number of thioether (sulfide) groups is 1. The molecular formula is C25H23N7O3S. The third kappa shape index (κ3) is 4.40. The van der Waals surface area contributed by atoms with E-state index in [9.17, 15) is 9.59 Å². The van der Waals surface area contributed by atoms with Gasteiger partial charge in [0.15, 0.2) is 11.5 Å². The number of nitrogens with one attached hydrogen (secondary N) is 1. The third-order valence-corrected chi connectivity index (χ3v) is 6.36. The lowest BCUT2D eigenvalue weighted by atomic mass is 10.2. The lowest BCUT2D eigenvalue weighted by molar-refractivity contribution is -0.113. The van der Waals surface area contributed by atoms with E-state index in [1.807, 2.05) is 61.5 Å². The summed E-state index contributed by atoms with van der Waals surface area (Å²) in [6.07, 6.45) is 1.39. The first-order valence-electron chi connectivity index (χ1n) is 11.5. The van der Waals surface area contributed by atoms with Crippen LogP contribution in [0.1, 0.15) is 24.2 Å². The lowest BCUT2D eigenvalue weighted by Crippen LogP contribution is -2.19. The molecule has 0 unspecified atom stereocenters. The first-order chi connectivity index (χ1) is 17.6. The molecule has 1 N–H and O–H groups in total. The zero-order valence-corrected chi connectivity index (χ0v) is 20.5. The monoisotopic (exact) mass is 501 g/mol. The van der Waals surface area contributed by atoms with E-state index in [0.29, 0.717) is 10.8 Å². The van der Waals surface area contributed by atoms with Crippen LogP contribution in [0.25, 0.3) is 27.8 Å². The van der Waals surface area contributed by atoms with E-state index < -0.39 is 5.97 Å². The number of carbonyl (C=O) groups is 2. The molecule has 182 valence electrons. The Morgan fingerprint density at radius 1 is 1.03 bits per heavy atom. The van der Waals surface area contributed by atoms with Gasteiger partial charge in [-0.05, 0) is 32.0 Å². The fourth-order valence-electron chi connectivity index (χ4n) is 3.96. The second kappa shape index (κ2) is 10.2. The number of anilines is 1. The Kier molecular flexibility index (Phi) is 6.63. The van der Waals surface area contributed by atoms with E-state index >= 15 is 0 Å². The number of rotatable bonds is 8. The van der Waals surface area contributed by atoms with E-state index in [1.54, 1.807) is 6.92 Å². The standard InChI is InChI=1S/C25H23N7O3S/c1-3-31-19-13-9-8-12-17(19)21-23(31)28-25(30-29-21)36-15-20(33)27-22-18(24(34)35-4-2)14-26-32(22)16-10-6-5-7-11-16/h5-14H,3-4,15H2,1-2H3,(H,27,33). The highest BCUT2D eigenvalue weighted by Crippen LogP contribution is 2.27. The van der Waals surface area contributed by atoms with Crippen molar-refractivity contribution in [2.24, 2.45) is 0 Å². The van der Waals surface area contributed by atoms with Crippen molar-refractivity contribution in [3.63, 3.8) is 0 Å². The van der Waals surface area contributed by atoms with Crippen LogP contribution in [0.15, 0.2) is 66.0 Å². The maximum Gasteiger partial charge on any atom is 0.343 e. The topological polar surface area (TPSA) is 117 Å². The van der Waals surface area contributed by atoms with E-state index in [4.69, 9.17) is 4.74 Å². The van der Waals surface area contributed by atoms with Crippen LogP contribution in [0.2, 0.25) is 0 Å². The molecule has 3 heterocycles. The van der Waals surface area contributed by atoms with Crippen molar-refractivity contribution in [2.75, 3.05) is 17.7 Å². The summed E-state index contributed by atoms with van der Waals surface area (Å²) in [5.41, 5.74) is 3.36. The number of aryl methyl sites for hydroxylation is 1. The summed E-state index contributed by atoms with van der Waals surface area (Å²) in [5, 5.41) is 17.1. The van der Waals surface area contributed by atoms with Crippen molar-refractivity contribution < 1.29 is 14.3 Å². The molecule has 0 spiro atoms. The van der Waals surface area contributed by atoms with Crippen LogP contribution in [-0.4, -0.2) is 53.8 Å². The molecule has 1 amide bonds. The second-order valence-corrected chi connectivity index (χ2v) is 8.68. The summed E-state index contributed by atoms with van der Waals surface area (Å²) in [5.74, 6) is -0.649. The van der Waals surface area contributed by atoms with Crippen molar-refractivity contribution in [1.82, 2.24) is 29.5 Å². The van der Waals surface area contributed by atoms with E-state index in [0.717, 1.165) is 40.4 Å². The molecule has 0 fully saturated rings. The van der Waals surface area contributed by atoms with E-state index in [2.05, 4.69) is 30.2 Å². The summed E-state index contributed by atoms with van der Waals surface area (Å²) in [4.78, 5) is 30.1. The zero-order valence-electron chi connectivity index (χ0n) is 19.7. The largest absolute Gasteiger partial charge is 0.462 e. The molecule has 3 aromatic heterocycles. The molecule has 11 heteroatoms. The van der Waals surface area contributed by atoms with Gasteiger partial charge >= 0.3 is 5.97 Å². The number of amides is 1. The van der Waals surface area contributed by atoms with Crippen molar-refractivity contribution >= 4 is 51.5 Å². The van der Waals surface area contributed by atoms with Gasteiger partial charge in [-0.1, -0.05) is 48.2 Å². The quantitative estimate of drug-likeness (QED) is 0.250. The number of ether oxygens (including phenoxy) is 1. The summed E-state index contributed by atoms with van der Waals surface area (Å²) >= 11 is 1.16. The maximum absolute atomic E-state index is 12.9. The average molecular weight is 502 g/mol. The molecule has 0 atom stereocenters. The van der Waals surface area contributed by atoms with Gasteiger partial charge in [-0.25, -0.2) is 14.5 Å². The molecule has 5 aromatic rings. The van der Waals surface area contributed by atoms with Crippen molar-refractivity contribution in [2.45, 2.75) is 25.5 Å². The predicted octanol–water partition coefficient (Wildman–Crippen LogP) is 4.09. The highest BCUT2D eigenvalue weighted by molar-refractivity contribution is 7.99. The van der Waals surface area contributed by atoms with Crippen LogP contribution in [0, 0.1) is 0 Å². The van der Waals surface area contributed by atoms with Crippen molar-refractivity contribution in [3.05, 3.63) is 66.4 Å².